The lowest BCUT2D eigenvalue weighted by Gasteiger charge is -2.26. The molecule has 0 saturated heterocycles. The molecule has 0 heterocycles. The molecule has 0 aromatic carbocycles. The highest BCUT2D eigenvalue weighted by atomic mass is 35.6. The number of hydrogen-bond acceptors (Lipinski definition) is 1. The average molecular weight is 198 g/mol. The molecule has 0 atom stereocenters. The Bertz CT molecular complexity index is 70.2. The molecule has 0 spiro atoms. The van der Waals surface area contributed by atoms with Gasteiger partial charge in [-0.1, -0.05) is 26.2 Å². The van der Waals surface area contributed by atoms with Crippen LogP contribution in [0.15, 0.2) is 0 Å². The standard InChI is InChI=1S/C4H16ClNSi3/c1-8(2)6(7-5)9(3)4/h8-9H,7H2,1-4H3. The molecular formula is C4H16ClNSi3. The fourth-order valence-electron chi connectivity index (χ4n) is 0.872. The summed E-state index contributed by atoms with van der Waals surface area (Å²) in [5.41, 5.74) is 0. The summed E-state index contributed by atoms with van der Waals surface area (Å²) in [4.78, 5) is 0. The lowest BCUT2D eigenvalue weighted by Crippen LogP contribution is -2.43. The van der Waals surface area contributed by atoms with Gasteiger partial charge in [-0.15, -0.1) is 0 Å². The summed E-state index contributed by atoms with van der Waals surface area (Å²) >= 11 is 5.89. The predicted octanol–water partition coefficient (Wildman–Crippen LogP) is 0.493. The summed E-state index contributed by atoms with van der Waals surface area (Å²) < 4.78 is 2.64. The predicted molar refractivity (Wildman–Crippen MR) is 54.0 cm³/mol. The van der Waals surface area contributed by atoms with Gasteiger partial charge < -0.3 is 3.90 Å². The van der Waals surface area contributed by atoms with Gasteiger partial charge >= 0.3 is 0 Å². The van der Waals surface area contributed by atoms with Crippen molar-refractivity contribution in [1.29, 1.82) is 0 Å². The first-order valence-electron chi connectivity index (χ1n) is 3.41. The molecule has 0 N–H and O–H groups in total. The summed E-state index contributed by atoms with van der Waals surface area (Å²) in [6.45, 7) is 9.45. The van der Waals surface area contributed by atoms with E-state index >= 15 is 0 Å². The van der Waals surface area contributed by atoms with Gasteiger partial charge in [-0.2, -0.15) is 11.1 Å². The Morgan fingerprint density at radius 3 is 1.44 bits per heavy atom. The topological polar surface area (TPSA) is 3.24 Å². The SMILES string of the molecule is C[SiH](C)N([SiH2]Cl)[SiH](C)C. The molecule has 56 valence electrons. The molecule has 0 saturated carbocycles. The average Bonchev–Trinajstić information content (AvgIpc) is 1.64. The molecule has 0 radical (unpaired) electrons. The zero-order chi connectivity index (χ0) is 7.44. The van der Waals surface area contributed by atoms with E-state index in [0.29, 0.717) is 0 Å². The molecule has 0 bridgehead atoms. The summed E-state index contributed by atoms with van der Waals surface area (Å²) in [5.74, 6) is 0. The molecule has 0 aromatic rings. The molecule has 0 aliphatic carbocycles. The van der Waals surface area contributed by atoms with Crippen molar-refractivity contribution in [2.45, 2.75) is 26.2 Å². The molecule has 0 unspecified atom stereocenters. The fourth-order valence-corrected chi connectivity index (χ4v) is 12.8. The number of halogens is 1. The Kier molecular flexibility index (Phi) is 5.14. The van der Waals surface area contributed by atoms with Crippen LogP contribution < -0.4 is 0 Å². The van der Waals surface area contributed by atoms with Crippen molar-refractivity contribution >= 4 is 38.0 Å². The molecule has 0 rings (SSSR count). The minimum atomic E-state index is -0.519. The third-order valence-corrected chi connectivity index (χ3v) is 15.7. The van der Waals surface area contributed by atoms with Crippen LogP contribution in [0.3, 0.4) is 0 Å². The van der Waals surface area contributed by atoms with Gasteiger partial charge in [0.2, 0.25) is 0 Å². The smallest absolute Gasteiger partial charge is 0.184 e. The van der Waals surface area contributed by atoms with Gasteiger partial charge in [0.15, 0.2) is 8.99 Å². The third-order valence-electron chi connectivity index (χ3n) is 1.46. The van der Waals surface area contributed by atoms with Crippen molar-refractivity contribution in [3.63, 3.8) is 0 Å². The number of nitrogens with zero attached hydrogens (tertiary/aromatic N) is 1. The van der Waals surface area contributed by atoms with Gasteiger partial charge in [-0.25, -0.2) is 0 Å². The highest BCUT2D eigenvalue weighted by Gasteiger charge is 2.12. The van der Waals surface area contributed by atoms with Crippen molar-refractivity contribution in [3.8, 4) is 0 Å². The second-order valence-corrected chi connectivity index (χ2v) is 12.3. The third kappa shape index (κ3) is 3.57. The van der Waals surface area contributed by atoms with Crippen LogP contribution >= 0.6 is 11.1 Å². The van der Waals surface area contributed by atoms with E-state index in [1.165, 1.54) is 0 Å². The second-order valence-electron chi connectivity index (χ2n) is 2.82. The normalized spacial score (nSPS) is 13.3. The maximum Gasteiger partial charge on any atom is 0.184 e. The Labute approximate surface area is 68.4 Å². The van der Waals surface area contributed by atoms with Crippen LogP contribution in [-0.4, -0.2) is 30.8 Å². The lowest BCUT2D eigenvalue weighted by molar-refractivity contribution is 1.05. The van der Waals surface area contributed by atoms with Crippen LogP contribution in [-0.2, 0) is 0 Å². The molecule has 5 heteroatoms. The molecule has 0 aliphatic rings. The first-order valence-corrected chi connectivity index (χ1v) is 11.8. The Morgan fingerprint density at radius 1 is 1.11 bits per heavy atom. The summed E-state index contributed by atoms with van der Waals surface area (Å²) in [7, 11) is -1.38. The van der Waals surface area contributed by atoms with Crippen LogP contribution in [0.2, 0.25) is 26.2 Å². The maximum atomic E-state index is 5.89. The molecule has 0 fully saturated rings. The Morgan fingerprint density at radius 2 is 1.44 bits per heavy atom. The molecule has 9 heavy (non-hydrogen) atoms. The Balaban J connectivity index is 3.68. The minimum absolute atomic E-state index is 0.338. The second kappa shape index (κ2) is 4.68. The largest absolute Gasteiger partial charge is 0.366 e. The first-order chi connectivity index (χ1) is 4.09. The fraction of sp³-hybridized carbons (Fsp3) is 1.00. The van der Waals surface area contributed by atoms with Crippen LogP contribution in [0.4, 0.5) is 0 Å². The summed E-state index contributed by atoms with van der Waals surface area (Å²) in [5, 5.41) is 0. The summed E-state index contributed by atoms with van der Waals surface area (Å²) in [6, 6.07) is 0. The van der Waals surface area contributed by atoms with Crippen LogP contribution in [0, 0.1) is 0 Å². The van der Waals surface area contributed by atoms with Gasteiger partial charge in [-0.3, -0.25) is 0 Å². The van der Waals surface area contributed by atoms with E-state index in [2.05, 4.69) is 30.1 Å². The summed E-state index contributed by atoms with van der Waals surface area (Å²) in [6.07, 6.45) is 0. The van der Waals surface area contributed by atoms with Gasteiger partial charge in [-0.05, 0) is 0 Å². The number of rotatable bonds is 3. The molecule has 0 aliphatic heterocycles. The molecular weight excluding hydrogens is 182 g/mol. The van der Waals surface area contributed by atoms with Gasteiger partial charge in [0.05, 0.1) is 17.9 Å². The van der Waals surface area contributed by atoms with Crippen molar-refractivity contribution in [2.75, 3.05) is 0 Å². The van der Waals surface area contributed by atoms with Gasteiger partial charge in [0.25, 0.3) is 0 Å². The van der Waals surface area contributed by atoms with E-state index in [1.807, 2.05) is 0 Å². The van der Waals surface area contributed by atoms with Gasteiger partial charge in [0, 0.05) is 0 Å². The molecule has 1 nitrogen and oxygen atoms in total. The maximum absolute atomic E-state index is 5.89. The van der Waals surface area contributed by atoms with E-state index in [9.17, 15) is 0 Å². The zero-order valence-electron chi connectivity index (χ0n) is 6.69. The highest BCUT2D eigenvalue weighted by molar-refractivity contribution is 7.01. The monoisotopic (exact) mass is 197 g/mol. The van der Waals surface area contributed by atoms with E-state index in [0.717, 1.165) is 0 Å². The number of hydrogen-bond donors (Lipinski definition) is 0. The minimum Gasteiger partial charge on any atom is -0.366 e. The Hall–Kier alpha value is 0.901. The van der Waals surface area contributed by atoms with E-state index in [4.69, 9.17) is 11.1 Å². The zero-order valence-corrected chi connectivity index (χ0v) is 11.2. The van der Waals surface area contributed by atoms with Crippen molar-refractivity contribution in [3.05, 3.63) is 0 Å². The lowest BCUT2D eigenvalue weighted by atomic mass is 11.9. The van der Waals surface area contributed by atoms with Crippen molar-refractivity contribution in [2.24, 2.45) is 0 Å². The van der Waals surface area contributed by atoms with Crippen molar-refractivity contribution < 1.29 is 0 Å². The highest BCUT2D eigenvalue weighted by Crippen LogP contribution is 1.97. The van der Waals surface area contributed by atoms with Crippen LogP contribution in [0.5, 0.6) is 0 Å². The quantitative estimate of drug-likeness (QED) is 0.471. The van der Waals surface area contributed by atoms with Crippen LogP contribution in [0.1, 0.15) is 0 Å². The molecule has 0 amide bonds. The van der Waals surface area contributed by atoms with Crippen molar-refractivity contribution in [1.82, 2.24) is 3.90 Å². The van der Waals surface area contributed by atoms with Gasteiger partial charge in [0.1, 0.15) is 0 Å². The first kappa shape index (κ1) is 9.90. The van der Waals surface area contributed by atoms with Crippen LogP contribution in [0.25, 0.3) is 0 Å². The van der Waals surface area contributed by atoms with E-state index < -0.39 is 17.9 Å². The van der Waals surface area contributed by atoms with E-state index in [1.54, 1.807) is 0 Å². The molecule has 0 aromatic heterocycles. The van der Waals surface area contributed by atoms with E-state index in [-0.39, 0.29) is 8.99 Å².